The zero-order valence-corrected chi connectivity index (χ0v) is 11.2. The Morgan fingerprint density at radius 1 is 1.44 bits per heavy atom. The summed E-state index contributed by atoms with van der Waals surface area (Å²) >= 11 is 0. The first-order valence-electron chi connectivity index (χ1n) is 6.16. The van der Waals surface area contributed by atoms with Crippen molar-refractivity contribution in [2.24, 2.45) is 5.92 Å². The normalized spacial score (nSPS) is 20.7. The Morgan fingerprint density at radius 2 is 2.06 bits per heavy atom. The Morgan fingerprint density at radius 3 is 2.56 bits per heavy atom. The van der Waals surface area contributed by atoms with Crippen LogP contribution in [0.1, 0.15) is 26.7 Å². The summed E-state index contributed by atoms with van der Waals surface area (Å²) in [6.07, 6.45) is 1.33. The van der Waals surface area contributed by atoms with Gasteiger partial charge in [-0.1, -0.05) is 0 Å². The lowest BCUT2D eigenvalue weighted by atomic mass is 9.98. The highest BCUT2D eigenvalue weighted by molar-refractivity contribution is 5.76. The minimum atomic E-state index is -0.952. The third kappa shape index (κ3) is 4.18. The number of likely N-dealkylation sites (N-methyl/N-ethyl adjacent to an activating group) is 1. The summed E-state index contributed by atoms with van der Waals surface area (Å²) in [7, 11) is 1.62. The second-order valence-corrected chi connectivity index (χ2v) is 5.57. The van der Waals surface area contributed by atoms with E-state index >= 15 is 0 Å². The van der Waals surface area contributed by atoms with Crippen molar-refractivity contribution in [1.29, 1.82) is 0 Å². The lowest BCUT2D eigenvalue weighted by Crippen LogP contribution is -2.50. The van der Waals surface area contributed by atoms with Gasteiger partial charge in [-0.2, -0.15) is 0 Å². The van der Waals surface area contributed by atoms with E-state index in [1.54, 1.807) is 25.8 Å². The number of piperidine rings is 1. The molecule has 0 unspecified atom stereocenters. The van der Waals surface area contributed by atoms with Crippen molar-refractivity contribution in [2.45, 2.75) is 32.3 Å². The van der Waals surface area contributed by atoms with E-state index in [1.807, 2.05) is 0 Å². The van der Waals surface area contributed by atoms with E-state index in [0.717, 1.165) is 0 Å². The van der Waals surface area contributed by atoms with Gasteiger partial charge in [-0.05, 0) is 26.7 Å². The van der Waals surface area contributed by atoms with Gasteiger partial charge < -0.3 is 20.0 Å². The molecule has 0 aromatic carbocycles. The topological polar surface area (TPSA) is 81.1 Å². The van der Waals surface area contributed by atoms with Crippen LogP contribution < -0.4 is 0 Å². The molecule has 2 amide bonds. The van der Waals surface area contributed by atoms with E-state index in [0.29, 0.717) is 19.4 Å². The zero-order chi connectivity index (χ0) is 13.9. The summed E-state index contributed by atoms with van der Waals surface area (Å²) in [6, 6.07) is -0.219. The second kappa shape index (κ2) is 5.56. The average molecular weight is 258 g/mol. The SMILES string of the molecule is CN(CC(C)(C)O)C(=O)N1CCC[C@@H](C(=O)O)C1. The van der Waals surface area contributed by atoms with Crippen LogP contribution in [0, 0.1) is 5.92 Å². The molecule has 1 rings (SSSR count). The van der Waals surface area contributed by atoms with Crippen LogP contribution in [-0.2, 0) is 4.79 Å². The summed E-state index contributed by atoms with van der Waals surface area (Å²) in [6.45, 7) is 4.32. The summed E-state index contributed by atoms with van der Waals surface area (Å²) in [5.74, 6) is -1.32. The molecular formula is C12H22N2O4. The van der Waals surface area contributed by atoms with Gasteiger partial charge in [-0.15, -0.1) is 0 Å². The number of carbonyl (C=O) groups is 2. The number of aliphatic hydroxyl groups is 1. The maximum Gasteiger partial charge on any atom is 0.319 e. The first-order chi connectivity index (χ1) is 8.20. The molecule has 0 radical (unpaired) electrons. The highest BCUT2D eigenvalue weighted by Crippen LogP contribution is 2.18. The number of amides is 2. The molecular weight excluding hydrogens is 236 g/mol. The van der Waals surface area contributed by atoms with E-state index in [4.69, 9.17) is 5.11 Å². The number of carboxylic acid groups (broad SMARTS) is 1. The number of rotatable bonds is 3. The van der Waals surface area contributed by atoms with Gasteiger partial charge in [0.25, 0.3) is 0 Å². The molecule has 0 aliphatic carbocycles. The van der Waals surface area contributed by atoms with E-state index in [1.165, 1.54) is 4.90 Å². The predicted molar refractivity (Wildman–Crippen MR) is 66.3 cm³/mol. The van der Waals surface area contributed by atoms with Crippen molar-refractivity contribution in [1.82, 2.24) is 9.80 Å². The van der Waals surface area contributed by atoms with Gasteiger partial charge in [-0.25, -0.2) is 4.79 Å². The predicted octanol–water partition coefficient (Wildman–Crippen LogP) is 0.606. The zero-order valence-electron chi connectivity index (χ0n) is 11.2. The molecule has 0 spiro atoms. The molecule has 0 saturated carbocycles. The van der Waals surface area contributed by atoms with Crippen molar-refractivity contribution >= 4 is 12.0 Å². The molecule has 18 heavy (non-hydrogen) atoms. The molecule has 1 atom stereocenters. The van der Waals surface area contributed by atoms with E-state index in [2.05, 4.69) is 0 Å². The molecule has 1 fully saturated rings. The molecule has 6 heteroatoms. The summed E-state index contributed by atoms with van der Waals surface area (Å²) in [5.41, 5.74) is -0.952. The van der Waals surface area contributed by atoms with Crippen molar-refractivity contribution in [3.63, 3.8) is 0 Å². The number of nitrogens with zero attached hydrogens (tertiary/aromatic N) is 2. The highest BCUT2D eigenvalue weighted by atomic mass is 16.4. The van der Waals surface area contributed by atoms with E-state index < -0.39 is 17.5 Å². The number of carboxylic acids is 1. The molecule has 6 nitrogen and oxygen atoms in total. The minimum absolute atomic E-state index is 0.219. The standard InChI is InChI=1S/C12H22N2O4/c1-12(2,18)8-13(3)11(17)14-6-4-5-9(7-14)10(15)16/h9,18H,4-8H2,1-3H3,(H,15,16)/t9-/m1/s1. The summed E-state index contributed by atoms with van der Waals surface area (Å²) < 4.78 is 0. The number of hydrogen-bond acceptors (Lipinski definition) is 3. The van der Waals surface area contributed by atoms with Crippen molar-refractivity contribution < 1.29 is 19.8 Å². The van der Waals surface area contributed by atoms with Crippen molar-refractivity contribution in [2.75, 3.05) is 26.7 Å². The Bertz CT molecular complexity index is 325. The fraction of sp³-hybridized carbons (Fsp3) is 0.833. The Balaban J connectivity index is 2.58. The Hall–Kier alpha value is -1.30. The molecule has 1 aliphatic rings. The average Bonchev–Trinajstić information content (AvgIpc) is 2.26. The molecule has 0 aromatic heterocycles. The van der Waals surface area contributed by atoms with Crippen LogP contribution in [0.4, 0.5) is 4.79 Å². The number of likely N-dealkylation sites (tertiary alicyclic amines) is 1. The Kier molecular flexibility index (Phi) is 4.56. The summed E-state index contributed by atoms with van der Waals surface area (Å²) in [5, 5.41) is 18.6. The first-order valence-corrected chi connectivity index (χ1v) is 6.16. The molecule has 0 bridgehead atoms. The van der Waals surface area contributed by atoms with Crippen LogP contribution in [0.15, 0.2) is 0 Å². The number of carbonyl (C=O) groups excluding carboxylic acids is 1. The van der Waals surface area contributed by atoms with Crippen molar-refractivity contribution in [3.8, 4) is 0 Å². The van der Waals surface area contributed by atoms with Gasteiger partial charge in [0.15, 0.2) is 0 Å². The molecule has 2 N–H and O–H groups in total. The molecule has 1 heterocycles. The lowest BCUT2D eigenvalue weighted by Gasteiger charge is -2.35. The minimum Gasteiger partial charge on any atom is -0.481 e. The molecule has 0 aromatic rings. The lowest BCUT2D eigenvalue weighted by molar-refractivity contribution is -0.143. The van der Waals surface area contributed by atoms with Crippen LogP contribution in [0.2, 0.25) is 0 Å². The van der Waals surface area contributed by atoms with Gasteiger partial charge in [0.2, 0.25) is 0 Å². The first kappa shape index (κ1) is 14.8. The highest BCUT2D eigenvalue weighted by Gasteiger charge is 2.30. The van der Waals surface area contributed by atoms with Crippen LogP contribution >= 0.6 is 0 Å². The number of aliphatic carboxylic acids is 1. The molecule has 104 valence electrons. The monoisotopic (exact) mass is 258 g/mol. The van der Waals surface area contributed by atoms with Crippen LogP contribution in [-0.4, -0.2) is 64.3 Å². The third-order valence-electron chi connectivity index (χ3n) is 2.99. The van der Waals surface area contributed by atoms with E-state index in [-0.39, 0.29) is 19.1 Å². The number of hydrogen-bond donors (Lipinski definition) is 2. The quantitative estimate of drug-likeness (QED) is 0.777. The molecule has 1 saturated heterocycles. The smallest absolute Gasteiger partial charge is 0.319 e. The fourth-order valence-corrected chi connectivity index (χ4v) is 2.24. The van der Waals surface area contributed by atoms with Crippen LogP contribution in [0.5, 0.6) is 0 Å². The second-order valence-electron chi connectivity index (χ2n) is 5.57. The van der Waals surface area contributed by atoms with Gasteiger partial charge in [0.05, 0.1) is 18.1 Å². The summed E-state index contributed by atoms with van der Waals surface area (Å²) in [4.78, 5) is 26.0. The van der Waals surface area contributed by atoms with Gasteiger partial charge in [0.1, 0.15) is 0 Å². The molecule has 1 aliphatic heterocycles. The largest absolute Gasteiger partial charge is 0.481 e. The van der Waals surface area contributed by atoms with Crippen LogP contribution in [0.3, 0.4) is 0 Å². The van der Waals surface area contributed by atoms with E-state index in [9.17, 15) is 14.7 Å². The number of urea groups is 1. The van der Waals surface area contributed by atoms with Crippen molar-refractivity contribution in [3.05, 3.63) is 0 Å². The fourth-order valence-electron chi connectivity index (χ4n) is 2.24. The van der Waals surface area contributed by atoms with Gasteiger partial charge in [-0.3, -0.25) is 4.79 Å². The Labute approximate surface area is 107 Å². The van der Waals surface area contributed by atoms with Gasteiger partial charge in [0, 0.05) is 20.1 Å². The third-order valence-corrected chi connectivity index (χ3v) is 2.99. The van der Waals surface area contributed by atoms with Crippen LogP contribution in [0.25, 0.3) is 0 Å². The van der Waals surface area contributed by atoms with Gasteiger partial charge >= 0.3 is 12.0 Å². The maximum atomic E-state index is 12.1. The maximum absolute atomic E-state index is 12.1.